The van der Waals surface area contributed by atoms with Crippen LogP contribution in [0.4, 0.5) is 5.69 Å². The van der Waals surface area contributed by atoms with E-state index in [1.165, 1.54) is 12.1 Å². The molecule has 0 fully saturated rings. The largest absolute Gasteiger partial charge is 0.545 e. The van der Waals surface area contributed by atoms with Gasteiger partial charge in [-0.2, -0.15) is 0 Å². The number of hydrogen-bond acceptors (Lipinski definition) is 4. The van der Waals surface area contributed by atoms with Crippen LogP contribution >= 0.6 is 0 Å². The lowest BCUT2D eigenvalue weighted by Crippen LogP contribution is -2.24. The van der Waals surface area contributed by atoms with E-state index in [1.54, 1.807) is 32.0 Å². The van der Waals surface area contributed by atoms with Gasteiger partial charge >= 0.3 is 0 Å². The fourth-order valence-corrected chi connectivity index (χ4v) is 1.82. The number of para-hydroxylation sites is 1. The average Bonchev–Trinajstić information content (AvgIpc) is 2.69. The molecule has 0 spiro atoms. The van der Waals surface area contributed by atoms with E-state index >= 15 is 0 Å². The number of furan rings is 1. The van der Waals surface area contributed by atoms with Gasteiger partial charge in [0.15, 0.2) is 0 Å². The van der Waals surface area contributed by atoms with Crippen LogP contribution in [0.15, 0.2) is 34.7 Å². The van der Waals surface area contributed by atoms with Gasteiger partial charge in [-0.25, -0.2) is 0 Å². The predicted octanol–water partition coefficient (Wildman–Crippen LogP) is 1.51. The van der Waals surface area contributed by atoms with E-state index in [9.17, 15) is 14.7 Å². The molecule has 0 aliphatic carbocycles. The second kappa shape index (κ2) is 4.97. The third-order valence-electron chi connectivity index (χ3n) is 2.68. The molecular weight excluding hydrogens is 246 g/mol. The van der Waals surface area contributed by atoms with Crippen molar-refractivity contribution in [2.75, 3.05) is 5.32 Å². The predicted molar refractivity (Wildman–Crippen MR) is 66.9 cm³/mol. The number of rotatable bonds is 3. The Hall–Kier alpha value is -2.56. The van der Waals surface area contributed by atoms with Crippen molar-refractivity contribution in [1.82, 2.24) is 0 Å². The number of nitrogens with one attached hydrogen (secondary N) is 1. The van der Waals surface area contributed by atoms with E-state index in [2.05, 4.69) is 5.32 Å². The minimum absolute atomic E-state index is 0.0614. The molecule has 0 aliphatic rings. The molecule has 0 atom stereocenters. The van der Waals surface area contributed by atoms with E-state index in [0.717, 1.165) is 0 Å². The summed E-state index contributed by atoms with van der Waals surface area (Å²) < 4.78 is 5.26. The minimum atomic E-state index is -1.34. The molecule has 98 valence electrons. The van der Waals surface area contributed by atoms with E-state index in [1.807, 2.05) is 0 Å². The van der Waals surface area contributed by atoms with Gasteiger partial charge in [0.05, 0.1) is 17.2 Å². The summed E-state index contributed by atoms with van der Waals surface area (Å²) in [5, 5.41) is 13.5. The molecule has 1 N–H and O–H groups in total. The molecule has 0 bridgehead atoms. The van der Waals surface area contributed by atoms with Gasteiger partial charge in [0.2, 0.25) is 0 Å². The molecule has 0 saturated carbocycles. The average molecular weight is 258 g/mol. The third-order valence-corrected chi connectivity index (χ3v) is 2.68. The first-order chi connectivity index (χ1) is 8.99. The number of aryl methyl sites for hydroxylation is 2. The summed E-state index contributed by atoms with van der Waals surface area (Å²) in [6, 6.07) is 7.68. The number of carboxylic acids is 1. The van der Waals surface area contributed by atoms with Gasteiger partial charge in [0.25, 0.3) is 5.91 Å². The molecule has 5 heteroatoms. The van der Waals surface area contributed by atoms with Crippen LogP contribution in [0.5, 0.6) is 0 Å². The molecule has 0 unspecified atom stereocenters. The van der Waals surface area contributed by atoms with Gasteiger partial charge in [0, 0.05) is 5.56 Å². The number of anilines is 1. The fourth-order valence-electron chi connectivity index (χ4n) is 1.82. The molecule has 2 aromatic rings. The van der Waals surface area contributed by atoms with Crippen LogP contribution in [-0.2, 0) is 0 Å². The maximum atomic E-state index is 12.0. The number of hydrogen-bond donors (Lipinski definition) is 1. The van der Waals surface area contributed by atoms with E-state index in [-0.39, 0.29) is 11.3 Å². The zero-order valence-corrected chi connectivity index (χ0v) is 10.5. The standard InChI is InChI=1S/C14H13NO4/c1-8-7-11(9(2)19-8)13(16)15-12-6-4-3-5-10(12)14(17)18/h3-7H,1-2H3,(H,15,16)(H,17,18)/p-1. The Bertz CT molecular complexity index is 643. The minimum Gasteiger partial charge on any atom is -0.545 e. The third kappa shape index (κ3) is 2.65. The first kappa shape index (κ1) is 12.9. The van der Waals surface area contributed by atoms with Crippen molar-refractivity contribution in [3.8, 4) is 0 Å². The summed E-state index contributed by atoms with van der Waals surface area (Å²) >= 11 is 0. The van der Waals surface area contributed by atoms with Crippen LogP contribution in [0.25, 0.3) is 0 Å². The second-order valence-corrected chi connectivity index (χ2v) is 4.11. The summed E-state index contributed by atoms with van der Waals surface area (Å²) in [6.07, 6.45) is 0. The van der Waals surface area contributed by atoms with Gasteiger partial charge in [0.1, 0.15) is 11.5 Å². The first-order valence-electron chi connectivity index (χ1n) is 5.68. The lowest BCUT2D eigenvalue weighted by atomic mass is 10.1. The van der Waals surface area contributed by atoms with Crippen LogP contribution in [0.2, 0.25) is 0 Å². The van der Waals surface area contributed by atoms with Gasteiger partial charge in [-0.1, -0.05) is 18.2 Å². The first-order valence-corrected chi connectivity index (χ1v) is 5.68. The van der Waals surface area contributed by atoms with E-state index < -0.39 is 11.9 Å². The molecule has 0 saturated heterocycles. The number of carboxylic acid groups (broad SMARTS) is 1. The number of benzene rings is 1. The molecular formula is C14H12NO4-. The Labute approximate surface area is 109 Å². The van der Waals surface area contributed by atoms with Crippen LogP contribution in [-0.4, -0.2) is 11.9 Å². The van der Waals surface area contributed by atoms with Crippen molar-refractivity contribution < 1.29 is 19.1 Å². The van der Waals surface area contributed by atoms with Crippen LogP contribution in [0, 0.1) is 13.8 Å². The highest BCUT2D eigenvalue weighted by Crippen LogP contribution is 2.18. The number of aromatic carboxylic acids is 1. The summed E-state index contributed by atoms with van der Waals surface area (Å²) in [5.74, 6) is -0.643. The normalized spacial score (nSPS) is 10.2. The molecule has 19 heavy (non-hydrogen) atoms. The van der Waals surface area contributed by atoms with Gasteiger partial charge in [-0.3, -0.25) is 4.79 Å². The van der Waals surface area contributed by atoms with Crippen LogP contribution in [0.3, 0.4) is 0 Å². The number of carbonyl (C=O) groups excluding carboxylic acids is 2. The lowest BCUT2D eigenvalue weighted by Gasteiger charge is -2.11. The summed E-state index contributed by atoms with van der Waals surface area (Å²) in [6.45, 7) is 3.41. The highest BCUT2D eigenvalue weighted by Gasteiger charge is 2.15. The smallest absolute Gasteiger partial charge is 0.259 e. The van der Waals surface area contributed by atoms with Crippen LogP contribution < -0.4 is 10.4 Å². The molecule has 1 aromatic heterocycles. The summed E-state index contributed by atoms with van der Waals surface area (Å²) in [4.78, 5) is 23.0. The molecule has 0 aliphatic heterocycles. The number of carbonyl (C=O) groups is 2. The molecule has 1 heterocycles. The van der Waals surface area contributed by atoms with Gasteiger partial charge < -0.3 is 19.6 Å². The van der Waals surface area contributed by atoms with Crippen molar-refractivity contribution in [2.45, 2.75) is 13.8 Å². The Balaban J connectivity index is 2.29. The van der Waals surface area contributed by atoms with Crippen LogP contribution in [0.1, 0.15) is 32.2 Å². The second-order valence-electron chi connectivity index (χ2n) is 4.11. The lowest BCUT2D eigenvalue weighted by molar-refractivity contribution is -0.254. The van der Waals surface area contributed by atoms with Crippen molar-refractivity contribution in [1.29, 1.82) is 0 Å². The van der Waals surface area contributed by atoms with Crippen molar-refractivity contribution >= 4 is 17.6 Å². The summed E-state index contributed by atoms with van der Waals surface area (Å²) in [7, 11) is 0. The quantitative estimate of drug-likeness (QED) is 0.904. The molecule has 1 aromatic carbocycles. The van der Waals surface area contributed by atoms with Crippen molar-refractivity contribution in [3.05, 3.63) is 53.0 Å². The molecule has 2 rings (SSSR count). The Morgan fingerprint density at radius 3 is 2.42 bits per heavy atom. The highest BCUT2D eigenvalue weighted by molar-refractivity contribution is 6.08. The zero-order chi connectivity index (χ0) is 14.0. The van der Waals surface area contributed by atoms with Crippen molar-refractivity contribution in [3.63, 3.8) is 0 Å². The highest BCUT2D eigenvalue weighted by atomic mass is 16.4. The number of amides is 1. The maximum Gasteiger partial charge on any atom is 0.259 e. The molecule has 5 nitrogen and oxygen atoms in total. The molecule has 0 radical (unpaired) electrons. The fraction of sp³-hybridized carbons (Fsp3) is 0.143. The SMILES string of the molecule is Cc1cc(C(=O)Nc2ccccc2C(=O)[O-])c(C)o1. The Morgan fingerprint density at radius 1 is 1.16 bits per heavy atom. The van der Waals surface area contributed by atoms with Crippen molar-refractivity contribution in [2.24, 2.45) is 0 Å². The zero-order valence-electron chi connectivity index (χ0n) is 10.5. The maximum absolute atomic E-state index is 12.0. The summed E-state index contributed by atoms with van der Waals surface area (Å²) in [5.41, 5.74) is 0.519. The van der Waals surface area contributed by atoms with E-state index in [0.29, 0.717) is 17.1 Å². The topological polar surface area (TPSA) is 82.4 Å². The monoisotopic (exact) mass is 258 g/mol. The van der Waals surface area contributed by atoms with Gasteiger partial charge in [-0.05, 0) is 26.0 Å². The Morgan fingerprint density at radius 2 is 1.84 bits per heavy atom. The molecule has 1 amide bonds. The van der Waals surface area contributed by atoms with Gasteiger partial charge in [-0.15, -0.1) is 0 Å². The Kier molecular flexibility index (Phi) is 3.37. The van der Waals surface area contributed by atoms with E-state index in [4.69, 9.17) is 4.42 Å².